The van der Waals surface area contributed by atoms with Crippen molar-refractivity contribution in [3.63, 3.8) is 0 Å². The maximum Gasteiger partial charge on any atom is 0.220 e. The molecule has 1 aliphatic rings. The van der Waals surface area contributed by atoms with Crippen LogP contribution in [0.1, 0.15) is 41.5 Å². The lowest BCUT2D eigenvalue weighted by molar-refractivity contribution is -0.121. The molecular formula is C20H24N2O2. The van der Waals surface area contributed by atoms with Crippen LogP contribution >= 0.6 is 0 Å². The molecular weight excluding hydrogens is 300 g/mol. The first kappa shape index (κ1) is 16.5. The summed E-state index contributed by atoms with van der Waals surface area (Å²) in [6.07, 6.45) is 0.485. The van der Waals surface area contributed by atoms with Crippen molar-refractivity contribution in [3.05, 3.63) is 64.7 Å². The summed E-state index contributed by atoms with van der Waals surface area (Å²) in [6.45, 7) is 4.52. The summed E-state index contributed by atoms with van der Waals surface area (Å²) in [5.41, 5.74) is 5.00. The van der Waals surface area contributed by atoms with E-state index in [-0.39, 0.29) is 11.8 Å². The number of nitrogens with one attached hydrogen (secondary N) is 2. The van der Waals surface area contributed by atoms with Crippen LogP contribution in [0.25, 0.3) is 0 Å². The van der Waals surface area contributed by atoms with Gasteiger partial charge in [-0.3, -0.25) is 4.79 Å². The Labute approximate surface area is 143 Å². The third-order valence-corrected chi connectivity index (χ3v) is 4.57. The maximum absolute atomic E-state index is 12.2. The summed E-state index contributed by atoms with van der Waals surface area (Å²) >= 11 is 0. The Morgan fingerprint density at radius 3 is 2.67 bits per heavy atom. The Morgan fingerprint density at radius 2 is 1.92 bits per heavy atom. The predicted molar refractivity (Wildman–Crippen MR) is 94.9 cm³/mol. The first-order chi connectivity index (χ1) is 11.7. The molecule has 3 rings (SSSR count). The monoisotopic (exact) mass is 324 g/mol. The van der Waals surface area contributed by atoms with Crippen molar-refractivity contribution in [2.45, 2.75) is 38.9 Å². The fourth-order valence-electron chi connectivity index (χ4n) is 3.06. The second-order valence-electron chi connectivity index (χ2n) is 6.36. The summed E-state index contributed by atoms with van der Waals surface area (Å²) in [6, 6.07) is 14.3. The molecule has 0 saturated heterocycles. The first-order valence-corrected chi connectivity index (χ1v) is 8.38. The minimum Gasteiger partial charge on any atom is -0.497 e. The molecule has 2 N–H and O–H groups in total. The molecule has 1 unspecified atom stereocenters. The number of benzene rings is 2. The maximum atomic E-state index is 12.2. The van der Waals surface area contributed by atoms with Crippen LogP contribution in [0.3, 0.4) is 0 Å². The van der Waals surface area contributed by atoms with E-state index in [1.165, 1.54) is 11.1 Å². The molecule has 0 bridgehead atoms. The van der Waals surface area contributed by atoms with Gasteiger partial charge < -0.3 is 15.4 Å². The zero-order valence-electron chi connectivity index (χ0n) is 14.3. The lowest BCUT2D eigenvalue weighted by Gasteiger charge is -2.13. The lowest BCUT2D eigenvalue weighted by atomic mass is 9.97. The molecule has 0 aliphatic carbocycles. The van der Waals surface area contributed by atoms with Crippen molar-refractivity contribution in [2.75, 3.05) is 7.11 Å². The van der Waals surface area contributed by atoms with Gasteiger partial charge in [-0.05, 0) is 40.3 Å². The number of carbonyl (C=O) groups is 1. The fraction of sp³-hybridized carbons (Fsp3) is 0.350. The van der Waals surface area contributed by atoms with Gasteiger partial charge in [0.25, 0.3) is 0 Å². The average Bonchev–Trinajstić information content (AvgIpc) is 3.07. The molecule has 2 aromatic carbocycles. The summed E-state index contributed by atoms with van der Waals surface area (Å²) in [4.78, 5) is 12.2. The molecule has 0 spiro atoms. The zero-order valence-corrected chi connectivity index (χ0v) is 14.3. The normalized spacial score (nSPS) is 14.1. The SMILES string of the molecule is COc1ccc(C(C)CC(=O)NCc2ccc3c(c2)CNC3)cc1. The van der Waals surface area contributed by atoms with Gasteiger partial charge in [0, 0.05) is 26.1 Å². The molecule has 0 saturated carbocycles. The highest BCUT2D eigenvalue weighted by Gasteiger charge is 2.13. The van der Waals surface area contributed by atoms with E-state index in [2.05, 4.69) is 35.8 Å². The van der Waals surface area contributed by atoms with Crippen molar-refractivity contribution in [3.8, 4) is 5.75 Å². The number of rotatable bonds is 6. The van der Waals surface area contributed by atoms with Crippen molar-refractivity contribution >= 4 is 5.91 Å². The van der Waals surface area contributed by atoms with E-state index in [1.54, 1.807) is 7.11 Å². The van der Waals surface area contributed by atoms with E-state index < -0.39 is 0 Å². The quantitative estimate of drug-likeness (QED) is 0.858. The van der Waals surface area contributed by atoms with E-state index in [1.807, 2.05) is 24.3 Å². The van der Waals surface area contributed by atoms with E-state index in [0.29, 0.717) is 13.0 Å². The highest BCUT2D eigenvalue weighted by Crippen LogP contribution is 2.22. The van der Waals surface area contributed by atoms with Gasteiger partial charge in [0.2, 0.25) is 5.91 Å². The summed E-state index contributed by atoms with van der Waals surface area (Å²) < 4.78 is 5.17. The van der Waals surface area contributed by atoms with E-state index in [9.17, 15) is 4.79 Å². The summed E-state index contributed by atoms with van der Waals surface area (Å²) in [7, 11) is 1.65. The number of fused-ring (bicyclic) bond motifs is 1. The van der Waals surface area contributed by atoms with Crippen LogP contribution in [0, 0.1) is 0 Å². The number of amides is 1. The molecule has 24 heavy (non-hydrogen) atoms. The van der Waals surface area contributed by atoms with Crippen LogP contribution in [0.5, 0.6) is 5.75 Å². The zero-order chi connectivity index (χ0) is 16.9. The predicted octanol–water partition coefficient (Wildman–Crippen LogP) is 3.11. The van der Waals surface area contributed by atoms with Gasteiger partial charge in [0.15, 0.2) is 0 Å². The number of ether oxygens (including phenoxy) is 1. The van der Waals surface area contributed by atoms with E-state index in [0.717, 1.165) is 30.0 Å². The Hall–Kier alpha value is -2.33. The van der Waals surface area contributed by atoms with Crippen molar-refractivity contribution < 1.29 is 9.53 Å². The molecule has 4 nitrogen and oxygen atoms in total. The first-order valence-electron chi connectivity index (χ1n) is 8.38. The van der Waals surface area contributed by atoms with Crippen LogP contribution in [0.15, 0.2) is 42.5 Å². The van der Waals surface area contributed by atoms with Gasteiger partial charge in [-0.25, -0.2) is 0 Å². The number of hydrogen-bond donors (Lipinski definition) is 2. The number of hydrogen-bond acceptors (Lipinski definition) is 3. The van der Waals surface area contributed by atoms with E-state index in [4.69, 9.17) is 4.74 Å². The van der Waals surface area contributed by atoms with Crippen molar-refractivity contribution in [2.24, 2.45) is 0 Å². The Morgan fingerprint density at radius 1 is 1.17 bits per heavy atom. The third kappa shape index (κ3) is 3.95. The van der Waals surface area contributed by atoms with Gasteiger partial charge >= 0.3 is 0 Å². The van der Waals surface area contributed by atoms with Crippen molar-refractivity contribution in [1.29, 1.82) is 0 Å². The number of carbonyl (C=O) groups excluding carboxylic acids is 1. The summed E-state index contributed by atoms with van der Waals surface area (Å²) in [5.74, 6) is 1.10. The van der Waals surface area contributed by atoms with Crippen molar-refractivity contribution in [1.82, 2.24) is 10.6 Å². The van der Waals surface area contributed by atoms with Crippen LogP contribution in [-0.2, 0) is 24.4 Å². The second-order valence-corrected chi connectivity index (χ2v) is 6.36. The molecule has 0 aromatic heterocycles. The van der Waals surface area contributed by atoms with Gasteiger partial charge in [0.1, 0.15) is 5.75 Å². The largest absolute Gasteiger partial charge is 0.497 e. The Kier molecular flexibility index (Phi) is 5.16. The number of methoxy groups -OCH3 is 1. The Bertz CT molecular complexity index is 710. The molecule has 1 atom stereocenters. The van der Waals surface area contributed by atoms with Gasteiger partial charge in [-0.15, -0.1) is 0 Å². The molecule has 2 aromatic rings. The van der Waals surface area contributed by atoms with Gasteiger partial charge in [0.05, 0.1) is 7.11 Å². The molecule has 1 aliphatic heterocycles. The minimum atomic E-state index is 0.0805. The highest BCUT2D eigenvalue weighted by atomic mass is 16.5. The van der Waals surface area contributed by atoms with Gasteiger partial charge in [-0.2, -0.15) is 0 Å². The van der Waals surface area contributed by atoms with Crippen LogP contribution in [0.4, 0.5) is 0 Å². The molecule has 4 heteroatoms. The van der Waals surface area contributed by atoms with Gasteiger partial charge in [-0.1, -0.05) is 37.3 Å². The third-order valence-electron chi connectivity index (χ3n) is 4.57. The molecule has 126 valence electrons. The van der Waals surface area contributed by atoms with Crippen LogP contribution in [-0.4, -0.2) is 13.0 Å². The molecule has 1 heterocycles. The second kappa shape index (κ2) is 7.49. The molecule has 0 fully saturated rings. The molecule has 0 radical (unpaired) electrons. The average molecular weight is 324 g/mol. The molecule has 1 amide bonds. The van der Waals surface area contributed by atoms with Crippen LogP contribution < -0.4 is 15.4 Å². The van der Waals surface area contributed by atoms with E-state index >= 15 is 0 Å². The minimum absolute atomic E-state index is 0.0805. The van der Waals surface area contributed by atoms with Crippen LogP contribution in [0.2, 0.25) is 0 Å². The fourth-order valence-corrected chi connectivity index (χ4v) is 3.06. The lowest BCUT2D eigenvalue weighted by Crippen LogP contribution is -2.24. The Balaban J connectivity index is 1.51. The summed E-state index contributed by atoms with van der Waals surface area (Å²) in [5, 5.41) is 6.37. The highest BCUT2D eigenvalue weighted by molar-refractivity contribution is 5.76. The smallest absolute Gasteiger partial charge is 0.220 e. The standard InChI is InChI=1S/C20H24N2O2/c1-14(16-5-7-19(24-2)8-6-16)9-20(23)22-11-15-3-4-17-12-21-13-18(17)10-15/h3-8,10,14,21H,9,11-13H2,1-2H3,(H,22,23). The topological polar surface area (TPSA) is 50.4 Å².